The molecule has 1 heterocycles. The van der Waals surface area contributed by atoms with E-state index in [9.17, 15) is 19.5 Å². The third-order valence-electron chi connectivity index (χ3n) is 6.61. The molecule has 0 amide bonds. The van der Waals surface area contributed by atoms with E-state index in [1.165, 1.54) is 0 Å². The Morgan fingerprint density at radius 1 is 0.973 bits per heavy atom. The lowest BCUT2D eigenvalue weighted by molar-refractivity contribution is -0.137. The number of hydrogen-bond acceptors (Lipinski definition) is 4. The number of carboxylic acid groups (broad SMARTS) is 2. The third-order valence-corrected chi connectivity index (χ3v) is 6.61. The number of aromatic carboxylic acids is 1. The SMILES string of the molecule is CCCCc1nc2cc(C(=O)C(C)CC(=O)O)ccc2n1-c1ccc(-c2ccccc2C(=O)O)c(C)c1. The molecule has 3 aromatic carbocycles. The van der Waals surface area contributed by atoms with Crippen molar-refractivity contribution in [2.45, 2.75) is 46.5 Å². The molecule has 0 saturated carbocycles. The molecule has 7 heteroatoms. The molecule has 190 valence electrons. The van der Waals surface area contributed by atoms with E-state index < -0.39 is 17.9 Å². The molecule has 1 atom stereocenters. The number of carbonyl (C=O) groups excluding carboxylic acids is 1. The van der Waals surface area contributed by atoms with Crippen LogP contribution >= 0.6 is 0 Å². The number of rotatable bonds is 10. The molecule has 37 heavy (non-hydrogen) atoms. The van der Waals surface area contributed by atoms with Gasteiger partial charge in [0.15, 0.2) is 5.78 Å². The number of aryl methyl sites for hydroxylation is 2. The predicted molar refractivity (Wildman–Crippen MR) is 143 cm³/mol. The van der Waals surface area contributed by atoms with Crippen LogP contribution in [0.2, 0.25) is 0 Å². The second-order valence-corrected chi connectivity index (χ2v) is 9.38. The first kappa shape index (κ1) is 25.8. The summed E-state index contributed by atoms with van der Waals surface area (Å²) < 4.78 is 2.08. The summed E-state index contributed by atoms with van der Waals surface area (Å²) in [6.07, 6.45) is 2.49. The lowest BCUT2D eigenvalue weighted by Gasteiger charge is -2.14. The van der Waals surface area contributed by atoms with Crippen LogP contribution in [0.5, 0.6) is 0 Å². The normalized spacial score (nSPS) is 12.0. The van der Waals surface area contributed by atoms with Crippen LogP contribution < -0.4 is 0 Å². The minimum Gasteiger partial charge on any atom is -0.481 e. The largest absolute Gasteiger partial charge is 0.481 e. The summed E-state index contributed by atoms with van der Waals surface area (Å²) in [4.78, 5) is 40.5. The Morgan fingerprint density at radius 3 is 2.41 bits per heavy atom. The smallest absolute Gasteiger partial charge is 0.336 e. The van der Waals surface area contributed by atoms with Crippen LogP contribution in [-0.2, 0) is 11.2 Å². The third kappa shape index (κ3) is 5.31. The number of carboxylic acids is 2. The Hall–Kier alpha value is -4.26. The first-order valence-electron chi connectivity index (χ1n) is 12.4. The molecule has 0 bridgehead atoms. The zero-order chi connectivity index (χ0) is 26.7. The van der Waals surface area contributed by atoms with E-state index in [-0.39, 0.29) is 17.8 Å². The fraction of sp³-hybridized carbons (Fsp3) is 0.267. The van der Waals surface area contributed by atoms with Gasteiger partial charge >= 0.3 is 11.9 Å². The van der Waals surface area contributed by atoms with Gasteiger partial charge in [-0.3, -0.25) is 14.2 Å². The molecule has 0 aliphatic carbocycles. The summed E-state index contributed by atoms with van der Waals surface area (Å²) in [5, 5.41) is 18.7. The molecule has 0 spiro atoms. The van der Waals surface area contributed by atoms with Gasteiger partial charge in [0.1, 0.15) is 5.82 Å². The predicted octanol–water partition coefficient (Wildman–Crippen LogP) is 6.34. The lowest BCUT2D eigenvalue weighted by Crippen LogP contribution is -2.15. The average molecular weight is 499 g/mol. The quantitative estimate of drug-likeness (QED) is 0.247. The number of ketones is 1. The highest BCUT2D eigenvalue weighted by atomic mass is 16.4. The average Bonchev–Trinajstić information content (AvgIpc) is 3.24. The van der Waals surface area contributed by atoms with Crippen molar-refractivity contribution in [2.24, 2.45) is 5.92 Å². The molecular formula is C30H30N2O5. The van der Waals surface area contributed by atoms with Crippen LogP contribution in [0.3, 0.4) is 0 Å². The van der Waals surface area contributed by atoms with Gasteiger partial charge in [0.2, 0.25) is 0 Å². The Kier molecular flexibility index (Phi) is 7.53. The Labute approximate surface area is 215 Å². The van der Waals surface area contributed by atoms with Gasteiger partial charge in [-0.2, -0.15) is 0 Å². The van der Waals surface area contributed by atoms with Crippen LogP contribution in [0, 0.1) is 12.8 Å². The first-order valence-corrected chi connectivity index (χ1v) is 12.4. The number of fused-ring (bicyclic) bond motifs is 1. The van der Waals surface area contributed by atoms with E-state index in [1.54, 1.807) is 31.2 Å². The van der Waals surface area contributed by atoms with Gasteiger partial charge in [0.05, 0.1) is 23.0 Å². The molecule has 1 aromatic heterocycles. The monoisotopic (exact) mass is 498 g/mol. The van der Waals surface area contributed by atoms with Crippen molar-refractivity contribution in [1.29, 1.82) is 0 Å². The second kappa shape index (κ2) is 10.8. The first-order chi connectivity index (χ1) is 17.7. The van der Waals surface area contributed by atoms with E-state index in [2.05, 4.69) is 11.5 Å². The van der Waals surface area contributed by atoms with E-state index in [0.717, 1.165) is 47.4 Å². The molecule has 4 rings (SSSR count). The van der Waals surface area contributed by atoms with Gasteiger partial charge in [-0.05, 0) is 66.4 Å². The fourth-order valence-corrected chi connectivity index (χ4v) is 4.71. The number of nitrogens with zero attached hydrogens (tertiary/aromatic N) is 2. The molecule has 0 saturated heterocycles. The van der Waals surface area contributed by atoms with Crippen molar-refractivity contribution in [3.05, 3.63) is 83.2 Å². The van der Waals surface area contributed by atoms with Crippen molar-refractivity contribution in [2.75, 3.05) is 0 Å². The summed E-state index contributed by atoms with van der Waals surface area (Å²) in [5.74, 6) is -1.94. The summed E-state index contributed by atoms with van der Waals surface area (Å²) in [6.45, 7) is 5.70. The number of carbonyl (C=O) groups is 3. The summed E-state index contributed by atoms with van der Waals surface area (Å²) in [7, 11) is 0. The highest BCUT2D eigenvalue weighted by Crippen LogP contribution is 2.31. The topological polar surface area (TPSA) is 109 Å². The number of aliphatic carboxylic acids is 1. The standard InChI is InChI=1S/C30H30N2O5/c1-4-5-10-27-31-25-17-20(29(35)19(3)16-28(33)34)11-14-26(25)32(27)21-12-13-22(18(2)15-21)23-8-6-7-9-24(23)30(36)37/h6-9,11-15,17,19H,4-5,10,16H2,1-3H3,(H,33,34)(H,36,37). The summed E-state index contributed by atoms with van der Waals surface area (Å²) in [6, 6.07) is 18.2. The minimum absolute atomic E-state index is 0.216. The highest BCUT2D eigenvalue weighted by Gasteiger charge is 2.21. The number of hydrogen-bond donors (Lipinski definition) is 2. The van der Waals surface area contributed by atoms with Crippen LogP contribution in [0.15, 0.2) is 60.7 Å². The van der Waals surface area contributed by atoms with Gasteiger partial charge in [0.25, 0.3) is 0 Å². The van der Waals surface area contributed by atoms with Gasteiger partial charge in [-0.15, -0.1) is 0 Å². The maximum Gasteiger partial charge on any atom is 0.336 e. The van der Waals surface area contributed by atoms with Crippen molar-refractivity contribution in [3.8, 4) is 16.8 Å². The Balaban J connectivity index is 1.80. The summed E-state index contributed by atoms with van der Waals surface area (Å²) in [5.41, 5.74) is 5.59. The molecule has 7 nitrogen and oxygen atoms in total. The van der Waals surface area contributed by atoms with Crippen LogP contribution in [0.25, 0.3) is 27.8 Å². The maximum atomic E-state index is 12.8. The van der Waals surface area contributed by atoms with E-state index in [1.807, 2.05) is 43.3 Å². The Morgan fingerprint density at radius 2 is 1.73 bits per heavy atom. The minimum atomic E-state index is -1.00. The van der Waals surface area contributed by atoms with Gasteiger partial charge in [0, 0.05) is 23.6 Å². The number of benzene rings is 3. The van der Waals surface area contributed by atoms with Crippen LogP contribution in [-0.4, -0.2) is 37.5 Å². The molecule has 0 aliphatic rings. The molecule has 0 fully saturated rings. The molecule has 1 unspecified atom stereocenters. The van der Waals surface area contributed by atoms with Crippen molar-refractivity contribution >= 4 is 28.8 Å². The molecule has 0 aliphatic heterocycles. The van der Waals surface area contributed by atoms with Crippen LogP contribution in [0.1, 0.15) is 65.2 Å². The number of unbranched alkanes of at least 4 members (excludes halogenated alkanes) is 1. The number of aromatic nitrogens is 2. The van der Waals surface area contributed by atoms with Gasteiger partial charge in [-0.25, -0.2) is 9.78 Å². The zero-order valence-corrected chi connectivity index (χ0v) is 21.2. The molecule has 0 radical (unpaired) electrons. The highest BCUT2D eigenvalue weighted by molar-refractivity contribution is 6.01. The number of Topliss-reactive ketones (excluding diaryl/α,β-unsaturated/α-hetero) is 1. The van der Waals surface area contributed by atoms with E-state index >= 15 is 0 Å². The molecule has 4 aromatic rings. The second-order valence-electron chi connectivity index (χ2n) is 9.38. The zero-order valence-electron chi connectivity index (χ0n) is 21.2. The molecule has 2 N–H and O–H groups in total. The number of imidazole rings is 1. The summed E-state index contributed by atoms with van der Waals surface area (Å²) >= 11 is 0. The van der Waals surface area contributed by atoms with Crippen molar-refractivity contribution < 1.29 is 24.6 Å². The fourth-order valence-electron chi connectivity index (χ4n) is 4.71. The van der Waals surface area contributed by atoms with Gasteiger partial charge in [-0.1, -0.05) is 44.5 Å². The molecular weight excluding hydrogens is 468 g/mol. The maximum absolute atomic E-state index is 12.8. The van der Waals surface area contributed by atoms with E-state index in [4.69, 9.17) is 10.1 Å². The van der Waals surface area contributed by atoms with Crippen molar-refractivity contribution in [1.82, 2.24) is 9.55 Å². The van der Waals surface area contributed by atoms with E-state index in [0.29, 0.717) is 16.6 Å². The lowest BCUT2D eigenvalue weighted by atomic mass is 9.95. The van der Waals surface area contributed by atoms with Gasteiger partial charge < -0.3 is 10.2 Å². The Bertz CT molecular complexity index is 1500. The van der Waals surface area contributed by atoms with Crippen LogP contribution in [0.4, 0.5) is 0 Å². The van der Waals surface area contributed by atoms with Crippen molar-refractivity contribution in [3.63, 3.8) is 0 Å².